The molecule has 0 bridgehead atoms. The Bertz CT molecular complexity index is 530. The fraction of sp³-hybridized carbons (Fsp3) is 0.500. The van der Waals surface area contributed by atoms with Gasteiger partial charge in [0.25, 0.3) is 0 Å². The molecular formula is C16H23N3OS. The normalized spacial score (nSPS) is 18.9. The van der Waals surface area contributed by atoms with Crippen molar-refractivity contribution in [3.63, 3.8) is 0 Å². The van der Waals surface area contributed by atoms with Crippen LogP contribution in [0.4, 0.5) is 5.69 Å². The van der Waals surface area contributed by atoms with Gasteiger partial charge in [-0.2, -0.15) is 0 Å². The third-order valence-corrected chi connectivity index (χ3v) is 4.20. The lowest BCUT2D eigenvalue weighted by molar-refractivity contribution is -0.117. The number of likely N-dealkylation sites (tertiary alicyclic amines) is 1. The molecule has 1 unspecified atom stereocenters. The van der Waals surface area contributed by atoms with Crippen LogP contribution in [-0.4, -0.2) is 34.9 Å². The summed E-state index contributed by atoms with van der Waals surface area (Å²) in [5.41, 5.74) is 7.12. The van der Waals surface area contributed by atoms with E-state index in [0.717, 1.165) is 17.8 Å². The Labute approximate surface area is 131 Å². The fourth-order valence-electron chi connectivity index (χ4n) is 2.94. The summed E-state index contributed by atoms with van der Waals surface area (Å²) >= 11 is 4.95. The van der Waals surface area contributed by atoms with E-state index in [9.17, 15) is 4.79 Å². The van der Waals surface area contributed by atoms with Crippen molar-refractivity contribution in [2.75, 3.05) is 18.4 Å². The lowest BCUT2D eigenvalue weighted by Gasteiger charge is -2.26. The number of rotatable bonds is 5. The number of nitrogens with one attached hydrogen (secondary N) is 1. The fourth-order valence-corrected chi connectivity index (χ4v) is 3.07. The zero-order valence-electron chi connectivity index (χ0n) is 12.6. The minimum atomic E-state index is 0.0163. The van der Waals surface area contributed by atoms with Gasteiger partial charge < -0.3 is 11.1 Å². The summed E-state index contributed by atoms with van der Waals surface area (Å²) in [5.74, 6) is 0.598. The van der Waals surface area contributed by atoms with E-state index in [1.165, 1.54) is 12.8 Å². The third kappa shape index (κ3) is 4.25. The van der Waals surface area contributed by atoms with Crippen LogP contribution in [0.5, 0.6) is 0 Å². The van der Waals surface area contributed by atoms with Gasteiger partial charge in [0.1, 0.15) is 4.99 Å². The highest BCUT2D eigenvalue weighted by Gasteiger charge is 2.28. The maximum absolute atomic E-state index is 12.2. The molecule has 0 spiro atoms. The molecule has 0 aliphatic carbocycles. The van der Waals surface area contributed by atoms with Crippen molar-refractivity contribution in [3.8, 4) is 0 Å². The number of hydrogen-bond donors (Lipinski definition) is 2. The second-order valence-corrected chi connectivity index (χ2v) is 6.36. The number of nitrogens with two attached hydrogens (primary N) is 1. The van der Waals surface area contributed by atoms with Crippen LogP contribution in [0.3, 0.4) is 0 Å². The van der Waals surface area contributed by atoms with Crippen molar-refractivity contribution in [2.24, 2.45) is 11.7 Å². The smallest absolute Gasteiger partial charge is 0.238 e. The molecule has 1 saturated heterocycles. The predicted octanol–water partition coefficient (Wildman–Crippen LogP) is 2.38. The summed E-state index contributed by atoms with van der Waals surface area (Å²) in [5, 5.41) is 2.93. The molecule has 2 rings (SSSR count). The van der Waals surface area contributed by atoms with E-state index >= 15 is 0 Å². The van der Waals surface area contributed by atoms with E-state index in [1.807, 2.05) is 24.3 Å². The van der Waals surface area contributed by atoms with E-state index in [0.29, 0.717) is 23.5 Å². The first-order chi connectivity index (χ1) is 9.97. The molecule has 1 aromatic carbocycles. The highest BCUT2D eigenvalue weighted by molar-refractivity contribution is 7.80. The molecule has 3 N–H and O–H groups in total. The number of amides is 1. The molecule has 5 heteroatoms. The van der Waals surface area contributed by atoms with Gasteiger partial charge in [0, 0.05) is 17.3 Å². The quantitative estimate of drug-likeness (QED) is 0.820. The van der Waals surface area contributed by atoms with Gasteiger partial charge in [0.15, 0.2) is 0 Å². The first-order valence-corrected chi connectivity index (χ1v) is 7.82. The Morgan fingerprint density at radius 3 is 2.95 bits per heavy atom. The van der Waals surface area contributed by atoms with E-state index in [1.54, 1.807) is 0 Å². The van der Waals surface area contributed by atoms with Gasteiger partial charge in [-0.05, 0) is 37.4 Å². The average Bonchev–Trinajstić information content (AvgIpc) is 2.87. The van der Waals surface area contributed by atoms with Crippen molar-refractivity contribution in [2.45, 2.75) is 32.7 Å². The van der Waals surface area contributed by atoms with Crippen LogP contribution >= 0.6 is 12.2 Å². The SMILES string of the molecule is CC(C)C1CCCN1CC(=O)Nc1cccc(C(N)=S)c1. The summed E-state index contributed by atoms with van der Waals surface area (Å²) in [6, 6.07) is 7.86. The van der Waals surface area contributed by atoms with Crippen LogP contribution in [0.15, 0.2) is 24.3 Å². The molecule has 1 aromatic rings. The van der Waals surface area contributed by atoms with Crippen molar-refractivity contribution < 1.29 is 4.79 Å². The van der Waals surface area contributed by atoms with E-state index in [4.69, 9.17) is 18.0 Å². The van der Waals surface area contributed by atoms with Gasteiger partial charge in [-0.15, -0.1) is 0 Å². The molecule has 1 fully saturated rings. The van der Waals surface area contributed by atoms with Gasteiger partial charge in [-0.3, -0.25) is 9.69 Å². The van der Waals surface area contributed by atoms with Gasteiger partial charge in [0.05, 0.1) is 6.54 Å². The molecule has 0 aromatic heterocycles. The van der Waals surface area contributed by atoms with Crippen molar-refractivity contribution in [3.05, 3.63) is 29.8 Å². The van der Waals surface area contributed by atoms with Crippen LogP contribution in [0.1, 0.15) is 32.3 Å². The third-order valence-electron chi connectivity index (χ3n) is 3.96. The summed E-state index contributed by atoms with van der Waals surface area (Å²) in [6.07, 6.45) is 2.36. The van der Waals surface area contributed by atoms with Crippen LogP contribution in [0, 0.1) is 5.92 Å². The molecule has 4 nitrogen and oxygen atoms in total. The molecule has 1 aliphatic heterocycles. The number of thiocarbonyl (C=S) groups is 1. The Kier molecular flexibility index (Phi) is 5.31. The van der Waals surface area contributed by atoms with Gasteiger partial charge in [-0.25, -0.2) is 0 Å². The highest BCUT2D eigenvalue weighted by atomic mass is 32.1. The lowest BCUT2D eigenvalue weighted by atomic mass is 10.0. The molecule has 0 radical (unpaired) electrons. The Morgan fingerprint density at radius 2 is 2.29 bits per heavy atom. The molecule has 1 heterocycles. The van der Waals surface area contributed by atoms with Crippen LogP contribution in [0.25, 0.3) is 0 Å². The topological polar surface area (TPSA) is 58.4 Å². The van der Waals surface area contributed by atoms with Crippen molar-refractivity contribution in [1.82, 2.24) is 4.90 Å². The van der Waals surface area contributed by atoms with Crippen LogP contribution < -0.4 is 11.1 Å². The number of anilines is 1. The zero-order chi connectivity index (χ0) is 15.4. The van der Waals surface area contributed by atoms with Crippen molar-refractivity contribution >= 4 is 28.8 Å². The Balaban J connectivity index is 1.95. The average molecular weight is 305 g/mol. The standard InChI is InChI=1S/C16H23N3OS/c1-11(2)14-7-4-8-19(14)10-15(20)18-13-6-3-5-12(9-13)16(17)21/h3,5-6,9,11,14H,4,7-8,10H2,1-2H3,(H2,17,21)(H,18,20). The molecule has 21 heavy (non-hydrogen) atoms. The number of nitrogens with zero attached hydrogens (tertiary/aromatic N) is 1. The van der Waals surface area contributed by atoms with Gasteiger partial charge >= 0.3 is 0 Å². The molecule has 1 aliphatic rings. The van der Waals surface area contributed by atoms with E-state index in [2.05, 4.69) is 24.1 Å². The summed E-state index contributed by atoms with van der Waals surface area (Å²) in [7, 11) is 0. The summed E-state index contributed by atoms with van der Waals surface area (Å²) in [6.45, 7) is 5.88. The van der Waals surface area contributed by atoms with Crippen LogP contribution in [-0.2, 0) is 4.79 Å². The largest absolute Gasteiger partial charge is 0.389 e. The van der Waals surface area contributed by atoms with Crippen molar-refractivity contribution in [1.29, 1.82) is 0 Å². The minimum Gasteiger partial charge on any atom is -0.389 e. The number of carbonyl (C=O) groups excluding carboxylic acids is 1. The Hall–Kier alpha value is -1.46. The predicted molar refractivity (Wildman–Crippen MR) is 90.4 cm³/mol. The molecular weight excluding hydrogens is 282 g/mol. The highest BCUT2D eigenvalue weighted by Crippen LogP contribution is 2.23. The van der Waals surface area contributed by atoms with Gasteiger partial charge in [-0.1, -0.05) is 38.2 Å². The molecule has 0 saturated carbocycles. The maximum Gasteiger partial charge on any atom is 0.238 e. The molecule has 1 amide bonds. The summed E-state index contributed by atoms with van der Waals surface area (Å²) < 4.78 is 0. The zero-order valence-corrected chi connectivity index (χ0v) is 13.5. The monoisotopic (exact) mass is 305 g/mol. The van der Waals surface area contributed by atoms with E-state index < -0.39 is 0 Å². The first-order valence-electron chi connectivity index (χ1n) is 7.41. The second-order valence-electron chi connectivity index (χ2n) is 5.92. The molecule has 1 atom stereocenters. The summed E-state index contributed by atoms with van der Waals surface area (Å²) in [4.78, 5) is 14.8. The van der Waals surface area contributed by atoms with Gasteiger partial charge in [0.2, 0.25) is 5.91 Å². The lowest BCUT2D eigenvalue weighted by Crippen LogP contribution is -2.39. The van der Waals surface area contributed by atoms with E-state index in [-0.39, 0.29) is 5.91 Å². The second kappa shape index (κ2) is 7.00. The van der Waals surface area contributed by atoms with Crippen LogP contribution in [0.2, 0.25) is 0 Å². The molecule has 114 valence electrons. The minimum absolute atomic E-state index is 0.0163. The number of carbonyl (C=O) groups is 1. The number of hydrogen-bond acceptors (Lipinski definition) is 3. The Morgan fingerprint density at radius 1 is 1.52 bits per heavy atom. The first kappa shape index (κ1) is 15.9. The maximum atomic E-state index is 12.2. The number of benzene rings is 1.